The van der Waals surface area contributed by atoms with E-state index in [1.807, 2.05) is 36.4 Å². The van der Waals surface area contributed by atoms with E-state index in [0.29, 0.717) is 62.7 Å². The fourth-order valence-corrected chi connectivity index (χ4v) is 5.71. The maximum absolute atomic E-state index is 14.4. The van der Waals surface area contributed by atoms with Crippen LogP contribution in [0.3, 0.4) is 0 Å². The minimum absolute atomic E-state index is 0.0983. The Morgan fingerprint density at radius 2 is 1.93 bits per heavy atom. The zero-order chi connectivity index (χ0) is 32.2. The van der Waals surface area contributed by atoms with Gasteiger partial charge in [0.25, 0.3) is 5.91 Å². The molecule has 3 amide bonds. The lowest BCUT2D eigenvalue weighted by Gasteiger charge is -2.34. The van der Waals surface area contributed by atoms with Crippen LogP contribution in [0.15, 0.2) is 42.5 Å². The first-order valence-electron chi connectivity index (χ1n) is 16.0. The van der Waals surface area contributed by atoms with Crippen LogP contribution in [-0.2, 0) is 33.9 Å². The number of nitrogens with one attached hydrogen (secondary N) is 4. The van der Waals surface area contributed by atoms with E-state index in [9.17, 15) is 14.4 Å². The molecule has 2 aromatic carbocycles. The minimum atomic E-state index is -0.933. The van der Waals surface area contributed by atoms with Crippen LogP contribution in [0.25, 0.3) is 11.0 Å². The molecule has 2 aliphatic rings. The SMILES string of the molecule is CCn1c(CNC(=O)C2(CCC(C)C)CNC(=O)CCCNCCNC(=O)COc3ccc(cc3OC)C2)nc2ccccc21. The largest absolute Gasteiger partial charge is 0.493 e. The van der Waals surface area contributed by atoms with Gasteiger partial charge in [-0.3, -0.25) is 14.4 Å². The first-order chi connectivity index (χ1) is 21.7. The van der Waals surface area contributed by atoms with Gasteiger partial charge >= 0.3 is 0 Å². The van der Waals surface area contributed by atoms with Crippen molar-refractivity contribution in [3.63, 3.8) is 0 Å². The number of carbonyl (C=O) groups is 3. The predicted octanol–water partition coefficient (Wildman–Crippen LogP) is 3.34. The average Bonchev–Trinajstić information content (AvgIpc) is 3.40. The van der Waals surface area contributed by atoms with Crippen LogP contribution in [-0.4, -0.2) is 67.2 Å². The summed E-state index contributed by atoms with van der Waals surface area (Å²) in [5.41, 5.74) is 1.84. The third-order valence-electron chi connectivity index (χ3n) is 8.27. The second-order valence-corrected chi connectivity index (χ2v) is 12.1. The van der Waals surface area contributed by atoms with Crippen molar-refractivity contribution >= 4 is 28.8 Å². The molecular weight excluding hydrogens is 572 g/mol. The standard InChI is InChI=1S/C34H48N6O5/c1-5-40-27-10-7-6-9-26(27)39-30(40)21-37-33(43)34(15-14-24(2)3)20-25-12-13-28(29(19-25)44-4)45-22-32(42)36-18-17-35-16-8-11-31(41)38-23-34/h6-7,9-10,12-13,19,24,35H,5,8,11,14-18,20-23H2,1-4H3,(H,36,42)(H,37,43)(H,38,41). The van der Waals surface area contributed by atoms with E-state index in [4.69, 9.17) is 14.5 Å². The summed E-state index contributed by atoms with van der Waals surface area (Å²) in [7, 11) is 1.55. The Morgan fingerprint density at radius 3 is 2.71 bits per heavy atom. The van der Waals surface area contributed by atoms with Crippen LogP contribution >= 0.6 is 0 Å². The van der Waals surface area contributed by atoms with Gasteiger partial charge in [-0.05, 0) is 74.9 Å². The molecule has 5 rings (SSSR count). The Kier molecular flexibility index (Phi) is 12.2. The number of imidazole rings is 1. The average molecular weight is 621 g/mol. The second kappa shape index (κ2) is 16.3. The number of amides is 3. The number of aryl methyl sites for hydroxylation is 1. The van der Waals surface area contributed by atoms with Crippen molar-refractivity contribution < 1.29 is 23.9 Å². The van der Waals surface area contributed by atoms with Crippen molar-refractivity contribution in [2.75, 3.05) is 39.9 Å². The number of benzene rings is 2. The number of hydrogen-bond acceptors (Lipinski definition) is 7. The third-order valence-corrected chi connectivity index (χ3v) is 8.27. The zero-order valence-corrected chi connectivity index (χ0v) is 27.0. The predicted molar refractivity (Wildman–Crippen MR) is 174 cm³/mol. The van der Waals surface area contributed by atoms with Crippen molar-refractivity contribution in [2.45, 2.75) is 66.0 Å². The van der Waals surface area contributed by atoms with Crippen LogP contribution in [0.4, 0.5) is 0 Å². The van der Waals surface area contributed by atoms with E-state index >= 15 is 0 Å². The molecule has 45 heavy (non-hydrogen) atoms. The van der Waals surface area contributed by atoms with E-state index in [0.717, 1.165) is 35.4 Å². The number of para-hydroxylation sites is 2. The number of aromatic nitrogens is 2. The third kappa shape index (κ3) is 9.20. The van der Waals surface area contributed by atoms with Crippen molar-refractivity contribution in [3.05, 3.63) is 53.9 Å². The number of ether oxygens (including phenoxy) is 2. The summed E-state index contributed by atoms with van der Waals surface area (Å²) in [5.74, 6) is 1.58. The zero-order valence-electron chi connectivity index (χ0n) is 27.0. The number of fused-ring (bicyclic) bond motifs is 17. The van der Waals surface area contributed by atoms with Gasteiger partial charge in [-0.2, -0.15) is 0 Å². The highest BCUT2D eigenvalue weighted by Gasteiger charge is 2.39. The molecule has 1 atom stereocenters. The second-order valence-electron chi connectivity index (χ2n) is 12.1. The molecule has 0 saturated heterocycles. The topological polar surface area (TPSA) is 136 Å². The van der Waals surface area contributed by atoms with Crippen LogP contribution in [0.5, 0.6) is 11.5 Å². The highest BCUT2D eigenvalue weighted by Crippen LogP contribution is 2.35. The molecule has 3 heterocycles. The lowest BCUT2D eigenvalue weighted by Crippen LogP contribution is -2.50. The number of rotatable bonds is 8. The van der Waals surface area contributed by atoms with E-state index in [2.05, 4.69) is 46.6 Å². The number of hydrogen-bond donors (Lipinski definition) is 4. The summed E-state index contributed by atoms with van der Waals surface area (Å²) in [6.45, 7) is 9.05. The van der Waals surface area contributed by atoms with Gasteiger partial charge in [-0.1, -0.05) is 32.0 Å². The highest BCUT2D eigenvalue weighted by atomic mass is 16.5. The van der Waals surface area contributed by atoms with E-state index in [1.165, 1.54) is 0 Å². The Labute approximate surface area is 265 Å². The summed E-state index contributed by atoms with van der Waals surface area (Å²) in [6.07, 6.45) is 2.71. The van der Waals surface area contributed by atoms with Crippen LogP contribution < -0.4 is 30.7 Å². The van der Waals surface area contributed by atoms with Crippen molar-refractivity contribution in [1.29, 1.82) is 0 Å². The van der Waals surface area contributed by atoms with Gasteiger partial charge in [0.1, 0.15) is 5.82 Å². The van der Waals surface area contributed by atoms with Crippen LogP contribution in [0.2, 0.25) is 0 Å². The molecule has 4 N–H and O–H groups in total. The molecular formula is C34H48N6O5. The van der Waals surface area contributed by atoms with E-state index < -0.39 is 5.41 Å². The molecule has 2 aliphatic heterocycles. The minimum Gasteiger partial charge on any atom is -0.493 e. The van der Waals surface area contributed by atoms with Crippen LogP contribution in [0, 0.1) is 11.3 Å². The Morgan fingerprint density at radius 1 is 1.11 bits per heavy atom. The molecule has 11 nitrogen and oxygen atoms in total. The fraction of sp³-hybridized carbons (Fsp3) is 0.529. The maximum Gasteiger partial charge on any atom is 0.257 e. The molecule has 244 valence electrons. The molecule has 1 unspecified atom stereocenters. The van der Waals surface area contributed by atoms with Crippen molar-refractivity contribution in [1.82, 2.24) is 30.8 Å². The number of methoxy groups -OCH3 is 1. The quantitative estimate of drug-likeness (QED) is 0.284. The van der Waals surface area contributed by atoms with E-state index in [-0.39, 0.29) is 37.4 Å². The summed E-state index contributed by atoms with van der Waals surface area (Å²) in [6, 6.07) is 13.5. The molecule has 0 saturated carbocycles. The lowest BCUT2D eigenvalue weighted by atomic mass is 9.75. The summed E-state index contributed by atoms with van der Waals surface area (Å²) < 4.78 is 13.5. The molecule has 11 heteroatoms. The van der Waals surface area contributed by atoms with Crippen molar-refractivity contribution in [2.24, 2.45) is 11.3 Å². The smallest absolute Gasteiger partial charge is 0.257 e. The monoisotopic (exact) mass is 620 g/mol. The molecule has 1 aromatic heterocycles. The van der Waals surface area contributed by atoms with Gasteiger partial charge in [-0.15, -0.1) is 0 Å². The van der Waals surface area contributed by atoms with Gasteiger partial charge in [0, 0.05) is 32.6 Å². The van der Waals surface area contributed by atoms with E-state index in [1.54, 1.807) is 13.2 Å². The molecule has 2 bridgehead atoms. The normalized spacial score (nSPS) is 18.8. The van der Waals surface area contributed by atoms with Crippen LogP contribution in [0.1, 0.15) is 57.8 Å². The number of nitrogens with zero attached hydrogens (tertiary/aromatic N) is 2. The fourth-order valence-electron chi connectivity index (χ4n) is 5.71. The van der Waals surface area contributed by atoms with Gasteiger partial charge in [0.05, 0.1) is 30.1 Å². The first-order valence-corrected chi connectivity index (χ1v) is 16.0. The Balaban J connectivity index is 1.66. The Hall–Kier alpha value is -4.12. The van der Waals surface area contributed by atoms with Gasteiger partial charge in [-0.25, -0.2) is 4.98 Å². The molecule has 0 fully saturated rings. The van der Waals surface area contributed by atoms with Gasteiger partial charge in [0.2, 0.25) is 11.8 Å². The molecule has 0 radical (unpaired) electrons. The summed E-state index contributed by atoms with van der Waals surface area (Å²) in [4.78, 5) is 44.5. The highest BCUT2D eigenvalue weighted by molar-refractivity contribution is 5.85. The molecule has 0 spiro atoms. The summed E-state index contributed by atoms with van der Waals surface area (Å²) in [5, 5.41) is 12.4. The lowest BCUT2D eigenvalue weighted by molar-refractivity contribution is -0.132. The van der Waals surface area contributed by atoms with Crippen molar-refractivity contribution in [3.8, 4) is 11.5 Å². The number of carbonyl (C=O) groups excluding carboxylic acids is 3. The van der Waals surface area contributed by atoms with Gasteiger partial charge < -0.3 is 35.3 Å². The summed E-state index contributed by atoms with van der Waals surface area (Å²) >= 11 is 0. The Bertz CT molecular complexity index is 1450. The molecule has 3 aromatic rings. The maximum atomic E-state index is 14.4. The van der Waals surface area contributed by atoms with Gasteiger partial charge in [0.15, 0.2) is 18.1 Å². The molecule has 0 aliphatic carbocycles. The first kappa shape index (κ1) is 33.8.